The third kappa shape index (κ3) is 5.56. The number of nitrogens with one attached hydrogen (secondary N) is 1. The number of pyridine rings is 1. The summed E-state index contributed by atoms with van der Waals surface area (Å²) < 4.78 is 27.8. The first-order valence-corrected chi connectivity index (χ1v) is 12.3. The molecule has 4 heterocycles. The van der Waals surface area contributed by atoms with E-state index in [2.05, 4.69) is 20.2 Å². The second-order valence-electron chi connectivity index (χ2n) is 9.01. The van der Waals surface area contributed by atoms with Crippen LogP contribution < -0.4 is 20.5 Å². The van der Waals surface area contributed by atoms with E-state index in [1.165, 1.54) is 22.9 Å². The second-order valence-corrected chi connectivity index (χ2v) is 9.01. The Morgan fingerprint density at radius 1 is 1.17 bits per heavy atom. The van der Waals surface area contributed by atoms with Crippen LogP contribution >= 0.6 is 0 Å². The van der Waals surface area contributed by atoms with Crippen LogP contribution in [0.4, 0.5) is 10.3 Å². The standard InChI is InChI=1S/C26H31FN6O3/c1-31-25(34)16-23(21-6-7-29-17-22(21)27)30-26(31)33-13-15-36-24(18-33)19-2-4-20(5-3-19)35-14-12-32-10-8-28-9-11-32/h2-7,16-17,24,28H,8-15,18H2,1H3/t24-/m1/s1. The summed E-state index contributed by atoms with van der Waals surface area (Å²) in [5.41, 5.74) is 1.31. The first-order chi connectivity index (χ1) is 17.6. The van der Waals surface area contributed by atoms with Crippen molar-refractivity contribution in [3.05, 3.63) is 70.5 Å². The SMILES string of the molecule is Cn1c(N2CCO[C@@H](c3ccc(OCCN4CCNCC4)cc3)C2)nc(-c2ccncc2F)cc1=O. The molecule has 1 aromatic carbocycles. The normalized spacial score (nSPS) is 18.8. The van der Waals surface area contributed by atoms with Gasteiger partial charge in [0.15, 0.2) is 5.82 Å². The van der Waals surface area contributed by atoms with Crippen molar-refractivity contribution < 1.29 is 13.9 Å². The number of rotatable bonds is 7. The Labute approximate surface area is 209 Å². The van der Waals surface area contributed by atoms with Crippen LogP contribution in [0.15, 0.2) is 53.6 Å². The molecule has 2 aliphatic rings. The number of nitrogens with zero attached hydrogens (tertiary/aromatic N) is 5. The van der Waals surface area contributed by atoms with Crippen molar-refractivity contribution in [2.24, 2.45) is 7.05 Å². The predicted octanol–water partition coefficient (Wildman–Crippen LogP) is 1.84. The van der Waals surface area contributed by atoms with Gasteiger partial charge in [0.1, 0.15) is 18.5 Å². The van der Waals surface area contributed by atoms with E-state index < -0.39 is 5.82 Å². The molecule has 0 unspecified atom stereocenters. The van der Waals surface area contributed by atoms with E-state index in [4.69, 9.17) is 9.47 Å². The highest BCUT2D eigenvalue weighted by Gasteiger charge is 2.25. The smallest absolute Gasteiger partial charge is 0.255 e. The maximum atomic E-state index is 14.3. The van der Waals surface area contributed by atoms with Gasteiger partial charge in [0.05, 0.1) is 25.0 Å². The van der Waals surface area contributed by atoms with Crippen LogP contribution in [-0.2, 0) is 11.8 Å². The highest BCUT2D eigenvalue weighted by atomic mass is 19.1. The fourth-order valence-electron chi connectivity index (χ4n) is 4.57. The summed E-state index contributed by atoms with van der Waals surface area (Å²) in [5, 5.41) is 3.36. The Morgan fingerprint density at radius 2 is 1.97 bits per heavy atom. The lowest BCUT2D eigenvalue weighted by Crippen LogP contribution is -2.44. The molecular weight excluding hydrogens is 463 g/mol. The lowest BCUT2D eigenvalue weighted by atomic mass is 10.1. The number of anilines is 1. The van der Waals surface area contributed by atoms with Crippen LogP contribution in [0.1, 0.15) is 11.7 Å². The van der Waals surface area contributed by atoms with Crippen molar-refractivity contribution >= 4 is 5.95 Å². The van der Waals surface area contributed by atoms with Gasteiger partial charge >= 0.3 is 0 Å². The van der Waals surface area contributed by atoms with E-state index in [0.29, 0.717) is 37.9 Å². The number of piperazine rings is 1. The third-order valence-corrected chi connectivity index (χ3v) is 6.65. The van der Waals surface area contributed by atoms with Crippen LogP contribution in [-0.4, -0.2) is 78.5 Å². The van der Waals surface area contributed by atoms with E-state index in [1.54, 1.807) is 7.05 Å². The molecule has 5 rings (SSSR count). The topological polar surface area (TPSA) is 84.8 Å². The third-order valence-electron chi connectivity index (χ3n) is 6.65. The zero-order valence-electron chi connectivity index (χ0n) is 20.4. The van der Waals surface area contributed by atoms with Gasteiger partial charge in [-0.2, -0.15) is 0 Å². The zero-order chi connectivity index (χ0) is 24.9. The van der Waals surface area contributed by atoms with Gasteiger partial charge in [-0.05, 0) is 23.8 Å². The highest BCUT2D eigenvalue weighted by Crippen LogP contribution is 2.27. The summed E-state index contributed by atoms with van der Waals surface area (Å²) >= 11 is 0. The van der Waals surface area contributed by atoms with Crippen LogP contribution in [0.2, 0.25) is 0 Å². The van der Waals surface area contributed by atoms with Gasteiger partial charge in [-0.25, -0.2) is 9.37 Å². The van der Waals surface area contributed by atoms with Crippen molar-refractivity contribution in [3.8, 4) is 17.0 Å². The molecule has 0 bridgehead atoms. The number of hydrogen-bond acceptors (Lipinski definition) is 8. The molecule has 0 saturated carbocycles. The largest absolute Gasteiger partial charge is 0.492 e. The number of hydrogen-bond donors (Lipinski definition) is 1. The maximum absolute atomic E-state index is 14.3. The molecule has 190 valence electrons. The Kier molecular flexibility index (Phi) is 7.55. The summed E-state index contributed by atoms with van der Waals surface area (Å²) in [4.78, 5) is 25.5. The monoisotopic (exact) mass is 494 g/mol. The van der Waals surface area contributed by atoms with Gasteiger partial charge in [0, 0.05) is 64.1 Å². The average Bonchev–Trinajstić information content (AvgIpc) is 2.91. The van der Waals surface area contributed by atoms with E-state index in [0.717, 1.165) is 50.2 Å². The minimum atomic E-state index is -0.515. The molecule has 2 aromatic heterocycles. The quantitative estimate of drug-likeness (QED) is 0.533. The summed E-state index contributed by atoms with van der Waals surface area (Å²) in [5.74, 6) is 0.798. The molecule has 1 N–H and O–H groups in total. The lowest BCUT2D eigenvalue weighted by molar-refractivity contribution is 0.0389. The molecule has 0 amide bonds. The van der Waals surface area contributed by atoms with E-state index in [-0.39, 0.29) is 17.2 Å². The molecule has 36 heavy (non-hydrogen) atoms. The highest BCUT2D eigenvalue weighted by molar-refractivity contribution is 5.60. The van der Waals surface area contributed by atoms with Crippen molar-refractivity contribution in [2.45, 2.75) is 6.10 Å². The molecule has 2 saturated heterocycles. The summed E-state index contributed by atoms with van der Waals surface area (Å²) in [6, 6.07) is 10.8. The number of ether oxygens (including phenoxy) is 2. The molecule has 3 aromatic rings. The fourth-order valence-corrected chi connectivity index (χ4v) is 4.57. The first-order valence-electron chi connectivity index (χ1n) is 12.3. The molecule has 2 aliphatic heterocycles. The maximum Gasteiger partial charge on any atom is 0.255 e. The van der Waals surface area contributed by atoms with Gasteiger partial charge in [-0.1, -0.05) is 12.1 Å². The summed E-state index contributed by atoms with van der Waals surface area (Å²) in [6.45, 7) is 7.32. The molecule has 0 radical (unpaired) electrons. The van der Waals surface area contributed by atoms with Gasteiger partial charge in [0.25, 0.3) is 5.56 Å². The lowest BCUT2D eigenvalue weighted by Gasteiger charge is -2.34. The number of halogens is 1. The molecule has 0 aliphatic carbocycles. The Hall–Kier alpha value is -3.34. The first kappa shape index (κ1) is 24.4. The second kappa shape index (κ2) is 11.2. The zero-order valence-corrected chi connectivity index (χ0v) is 20.4. The predicted molar refractivity (Wildman–Crippen MR) is 135 cm³/mol. The Balaban J connectivity index is 1.26. The average molecular weight is 495 g/mol. The van der Waals surface area contributed by atoms with Crippen molar-refractivity contribution in [1.82, 2.24) is 24.8 Å². The van der Waals surface area contributed by atoms with Crippen LogP contribution in [0.25, 0.3) is 11.3 Å². The fraction of sp³-hybridized carbons (Fsp3) is 0.423. The van der Waals surface area contributed by atoms with Crippen LogP contribution in [0.5, 0.6) is 5.75 Å². The van der Waals surface area contributed by atoms with Gasteiger partial charge in [0.2, 0.25) is 5.95 Å². The number of benzene rings is 1. The van der Waals surface area contributed by atoms with E-state index >= 15 is 0 Å². The Morgan fingerprint density at radius 3 is 2.75 bits per heavy atom. The summed E-state index contributed by atoms with van der Waals surface area (Å²) in [6.07, 6.45) is 2.42. The minimum absolute atomic E-state index is 0.188. The molecule has 1 atom stereocenters. The van der Waals surface area contributed by atoms with Crippen LogP contribution in [0.3, 0.4) is 0 Å². The molecular formula is C26H31FN6O3. The van der Waals surface area contributed by atoms with Gasteiger partial charge in [-0.3, -0.25) is 19.2 Å². The van der Waals surface area contributed by atoms with Crippen molar-refractivity contribution in [1.29, 1.82) is 0 Å². The van der Waals surface area contributed by atoms with E-state index in [1.807, 2.05) is 29.2 Å². The van der Waals surface area contributed by atoms with Crippen LogP contribution in [0, 0.1) is 5.82 Å². The molecule has 9 nitrogen and oxygen atoms in total. The Bertz CT molecular complexity index is 1230. The van der Waals surface area contributed by atoms with Crippen molar-refractivity contribution in [2.75, 3.05) is 63.9 Å². The summed E-state index contributed by atoms with van der Waals surface area (Å²) in [7, 11) is 1.67. The number of morpholine rings is 1. The molecule has 0 spiro atoms. The van der Waals surface area contributed by atoms with Gasteiger partial charge < -0.3 is 19.7 Å². The van der Waals surface area contributed by atoms with Gasteiger partial charge in [-0.15, -0.1) is 0 Å². The van der Waals surface area contributed by atoms with Crippen molar-refractivity contribution in [3.63, 3.8) is 0 Å². The van der Waals surface area contributed by atoms with E-state index in [9.17, 15) is 9.18 Å². The molecule has 2 fully saturated rings. The number of aromatic nitrogens is 3. The minimum Gasteiger partial charge on any atom is -0.492 e. The molecule has 10 heteroatoms.